The first kappa shape index (κ1) is 19.2. The zero-order chi connectivity index (χ0) is 20.3. The number of phenols is 1. The van der Waals surface area contributed by atoms with Gasteiger partial charge in [0.05, 0.1) is 25.7 Å². The number of rotatable bonds is 7. The topological polar surface area (TPSA) is 104 Å². The van der Waals surface area contributed by atoms with E-state index in [0.29, 0.717) is 29.7 Å². The highest BCUT2D eigenvalue weighted by molar-refractivity contribution is 5.92. The van der Waals surface area contributed by atoms with Gasteiger partial charge in [-0.2, -0.15) is 0 Å². The Hall–Kier alpha value is -3.55. The van der Waals surface area contributed by atoms with Gasteiger partial charge in [-0.1, -0.05) is 6.07 Å². The maximum atomic E-state index is 11.4. The minimum atomic E-state index is -0.508. The van der Waals surface area contributed by atoms with E-state index in [1.165, 1.54) is 20.3 Å². The molecule has 1 N–H and O–H groups in total. The molecule has 0 fully saturated rings. The van der Waals surface area contributed by atoms with E-state index in [0.717, 1.165) is 10.9 Å². The lowest BCUT2D eigenvalue weighted by Gasteiger charge is -2.13. The normalized spacial score (nSPS) is 10.7. The third-order valence-electron chi connectivity index (χ3n) is 4.37. The fourth-order valence-corrected chi connectivity index (χ4v) is 3.14. The van der Waals surface area contributed by atoms with Crippen LogP contribution in [-0.2, 0) is 6.42 Å². The molecule has 0 amide bonds. The predicted octanol–water partition coefficient (Wildman–Crippen LogP) is 3.86. The second kappa shape index (κ2) is 7.99. The number of nitro benzene ring substituents is 1. The second-order valence-electron chi connectivity index (χ2n) is 6.02. The minimum Gasteiger partial charge on any atom is -0.504 e. The van der Waals surface area contributed by atoms with E-state index < -0.39 is 4.92 Å². The maximum absolute atomic E-state index is 11.4. The third-order valence-corrected chi connectivity index (χ3v) is 4.37. The fourth-order valence-electron chi connectivity index (χ4n) is 3.14. The molecule has 0 atom stereocenters. The van der Waals surface area contributed by atoms with Gasteiger partial charge >= 0.3 is 5.69 Å². The molecule has 8 nitrogen and oxygen atoms in total. The van der Waals surface area contributed by atoms with E-state index >= 15 is 0 Å². The Labute approximate surface area is 161 Å². The van der Waals surface area contributed by atoms with Crippen LogP contribution in [0.2, 0.25) is 0 Å². The molecule has 146 valence electrons. The van der Waals surface area contributed by atoms with Gasteiger partial charge in [0.1, 0.15) is 0 Å². The van der Waals surface area contributed by atoms with E-state index in [1.807, 2.05) is 13.0 Å². The Kier molecular flexibility index (Phi) is 5.49. The maximum Gasteiger partial charge on any atom is 0.315 e. The number of nitrogens with zero attached hydrogens (tertiary/aromatic N) is 2. The summed E-state index contributed by atoms with van der Waals surface area (Å²) in [5, 5.41) is 23.2. The molecule has 0 aliphatic rings. The molecule has 1 heterocycles. The van der Waals surface area contributed by atoms with E-state index in [9.17, 15) is 15.2 Å². The van der Waals surface area contributed by atoms with Gasteiger partial charge in [0.2, 0.25) is 5.75 Å². The Morgan fingerprint density at radius 2 is 1.89 bits per heavy atom. The second-order valence-corrected chi connectivity index (χ2v) is 6.02. The number of aromatic hydroxyl groups is 1. The van der Waals surface area contributed by atoms with Crippen molar-refractivity contribution in [3.8, 4) is 23.0 Å². The van der Waals surface area contributed by atoms with Crippen molar-refractivity contribution in [2.75, 3.05) is 20.8 Å². The van der Waals surface area contributed by atoms with E-state index in [4.69, 9.17) is 14.2 Å². The number of hydrogen-bond acceptors (Lipinski definition) is 7. The van der Waals surface area contributed by atoms with Gasteiger partial charge in [-0.05, 0) is 42.0 Å². The van der Waals surface area contributed by atoms with Crippen LogP contribution < -0.4 is 14.2 Å². The molecule has 3 aromatic rings. The van der Waals surface area contributed by atoms with Crippen LogP contribution in [0.4, 0.5) is 5.69 Å². The lowest BCUT2D eigenvalue weighted by molar-refractivity contribution is -0.385. The zero-order valence-electron chi connectivity index (χ0n) is 15.8. The predicted molar refractivity (Wildman–Crippen MR) is 104 cm³/mol. The van der Waals surface area contributed by atoms with Crippen molar-refractivity contribution in [2.45, 2.75) is 13.3 Å². The Morgan fingerprint density at radius 3 is 2.54 bits per heavy atom. The molecule has 0 spiro atoms. The lowest BCUT2D eigenvalue weighted by atomic mass is 9.99. The van der Waals surface area contributed by atoms with Crippen LogP contribution in [0.3, 0.4) is 0 Å². The number of pyridine rings is 1. The van der Waals surface area contributed by atoms with E-state index in [2.05, 4.69) is 4.98 Å². The van der Waals surface area contributed by atoms with Crippen LogP contribution in [0.1, 0.15) is 18.1 Å². The summed E-state index contributed by atoms with van der Waals surface area (Å²) in [7, 11) is 2.79. The van der Waals surface area contributed by atoms with Crippen molar-refractivity contribution in [3.05, 3.63) is 57.9 Å². The van der Waals surface area contributed by atoms with Crippen molar-refractivity contribution in [3.63, 3.8) is 0 Å². The van der Waals surface area contributed by atoms with Gasteiger partial charge in [0.25, 0.3) is 0 Å². The Balaban J connectivity index is 2.09. The van der Waals surface area contributed by atoms with Gasteiger partial charge < -0.3 is 19.3 Å². The standard InChI is InChI=1S/C20H20N2O6/c1-4-28-17-6-5-14-13(10-21-11-15(14)19(17)23)7-12-8-16(22(24)25)20(27-3)18(9-12)26-2/h5-6,8-11,23H,4,7H2,1-3H3. The minimum absolute atomic E-state index is 0.0204. The highest BCUT2D eigenvalue weighted by atomic mass is 16.6. The summed E-state index contributed by atoms with van der Waals surface area (Å²) in [6.07, 6.45) is 3.59. The molecule has 0 aliphatic carbocycles. The molecule has 0 aliphatic heterocycles. The largest absolute Gasteiger partial charge is 0.504 e. The van der Waals surface area contributed by atoms with Crippen molar-refractivity contribution >= 4 is 16.5 Å². The quantitative estimate of drug-likeness (QED) is 0.487. The Bertz CT molecular complexity index is 1030. The molecule has 0 bridgehead atoms. The SMILES string of the molecule is CCOc1ccc2c(Cc3cc(OC)c(OC)c([N+](=O)[O-])c3)cncc2c1O. The first-order valence-corrected chi connectivity index (χ1v) is 8.60. The first-order valence-electron chi connectivity index (χ1n) is 8.60. The molecule has 0 radical (unpaired) electrons. The number of fused-ring (bicyclic) bond motifs is 1. The van der Waals surface area contributed by atoms with Crippen molar-refractivity contribution < 1.29 is 24.2 Å². The van der Waals surface area contributed by atoms with E-state index in [-0.39, 0.29) is 22.9 Å². The number of phenolic OH excluding ortho intramolecular Hbond substituents is 1. The van der Waals surface area contributed by atoms with Crippen LogP contribution >= 0.6 is 0 Å². The molecule has 0 unspecified atom stereocenters. The monoisotopic (exact) mass is 384 g/mol. The molecule has 2 aromatic carbocycles. The number of nitro groups is 1. The number of ether oxygens (including phenoxy) is 3. The summed E-state index contributed by atoms with van der Waals surface area (Å²) in [4.78, 5) is 15.1. The number of benzene rings is 2. The van der Waals surface area contributed by atoms with Crippen LogP contribution in [-0.4, -0.2) is 35.8 Å². The van der Waals surface area contributed by atoms with Crippen molar-refractivity contribution in [2.24, 2.45) is 0 Å². The van der Waals surface area contributed by atoms with Gasteiger partial charge in [-0.3, -0.25) is 15.1 Å². The van der Waals surface area contributed by atoms with Crippen LogP contribution in [0.5, 0.6) is 23.0 Å². The highest BCUT2D eigenvalue weighted by Gasteiger charge is 2.22. The van der Waals surface area contributed by atoms with Gasteiger partial charge in [0.15, 0.2) is 17.2 Å². The summed E-state index contributed by atoms with van der Waals surface area (Å²) in [5.74, 6) is 0.760. The average molecular weight is 384 g/mol. The molecule has 0 saturated heterocycles. The number of aromatic nitrogens is 1. The number of hydrogen-bond donors (Lipinski definition) is 1. The third kappa shape index (κ3) is 3.48. The first-order chi connectivity index (χ1) is 13.5. The van der Waals surface area contributed by atoms with Gasteiger partial charge in [-0.25, -0.2) is 0 Å². The van der Waals surface area contributed by atoms with Crippen molar-refractivity contribution in [1.82, 2.24) is 4.98 Å². The molecule has 8 heteroatoms. The molecular weight excluding hydrogens is 364 g/mol. The molecule has 3 rings (SSSR count). The van der Waals surface area contributed by atoms with Crippen molar-refractivity contribution in [1.29, 1.82) is 0 Å². The smallest absolute Gasteiger partial charge is 0.315 e. The lowest BCUT2D eigenvalue weighted by Crippen LogP contribution is -2.00. The van der Waals surface area contributed by atoms with Crippen LogP contribution in [0.25, 0.3) is 10.8 Å². The van der Waals surface area contributed by atoms with E-state index in [1.54, 1.807) is 24.5 Å². The summed E-state index contributed by atoms with van der Waals surface area (Å²) in [6.45, 7) is 2.27. The summed E-state index contributed by atoms with van der Waals surface area (Å²) in [5.41, 5.74) is 1.29. The summed E-state index contributed by atoms with van der Waals surface area (Å²) < 4.78 is 15.8. The summed E-state index contributed by atoms with van der Waals surface area (Å²) in [6, 6.07) is 6.68. The molecular formula is C20H20N2O6. The molecule has 1 aromatic heterocycles. The molecule has 0 saturated carbocycles. The fraction of sp³-hybridized carbons (Fsp3) is 0.250. The highest BCUT2D eigenvalue weighted by Crippen LogP contribution is 2.40. The van der Waals surface area contributed by atoms with Crippen LogP contribution in [0.15, 0.2) is 36.7 Å². The zero-order valence-corrected chi connectivity index (χ0v) is 15.8. The van der Waals surface area contributed by atoms with Crippen LogP contribution in [0, 0.1) is 10.1 Å². The number of methoxy groups -OCH3 is 2. The average Bonchev–Trinajstić information content (AvgIpc) is 2.69. The Morgan fingerprint density at radius 1 is 1.11 bits per heavy atom. The van der Waals surface area contributed by atoms with Gasteiger partial charge in [0, 0.05) is 23.8 Å². The summed E-state index contributed by atoms with van der Waals surface area (Å²) >= 11 is 0. The van der Waals surface area contributed by atoms with Gasteiger partial charge in [-0.15, -0.1) is 0 Å². The molecule has 28 heavy (non-hydrogen) atoms.